The summed E-state index contributed by atoms with van der Waals surface area (Å²) >= 11 is 1.63. The molecule has 8 heteroatoms. The lowest BCUT2D eigenvalue weighted by atomic mass is 9.66. The highest BCUT2D eigenvalue weighted by atomic mass is 32.2. The number of hydrogen-bond acceptors (Lipinski definition) is 6. The Morgan fingerprint density at radius 2 is 2.03 bits per heavy atom. The molecule has 32 heavy (non-hydrogen) atoms. The van der Waals surface area contributed by atoms with Gasteiger partial charge < -0.3 is 19.6 Å². The van der Waals surface area contributed by atoms with Crippen molar-refractivity contribution >= 4 is 29.5 Å². The number of likely N-dealkylation sites (tertiary alicyclic amines) is 1. The van der Waals surface area contributed by atoms with Gasteiger partial charge in [0, 0.05) is 17.8 Å². The lowest BCUT2D eigenvalue weighted by molar-refractivity contribution is -0.154. The van der Waals surface area contributed by atoms with Crippen molar-refractivity contribution in [2.45, 2.75) is 76.1 Å². The number of aliphatic hydroxyl groups excluding tert-OH is 1. The third kappa shape index (κ3) is 3.58. The predicted molar refractivity (Wildman–Crippen MR) is 125 cm³/mol. The van der Waals surface area contributed by atoms with E-state index in [2.05, 4.69) is 13.5 Å². The van der Waals surface area contributed by atoms with E-state index in [-0.39, 0.29) is 54.1 Å². The molecule has 0 aromatic heterocycles. The second kappa shape index (κ2) is 9.37. The van der Waals surface area contributed by atoms with Crippen LogP contribution in [0.2, 0.25) is 0 Å². The normalized spacial score (nSPS) is 34.2. The minimum atomic E-state index is -0.730. The Balaban J connectivity index is 2.17. The van der Waals surface area contributed by atoms with Crippen molar-refractivity contribution in [1.29, 1.82) is 0 Å². The minimum absolute atomic E-state index is 0.0334. The summed E-state index contributed by atoms with van der Waals surface area (Å²) in [5.74, 6) is -1.79. The van der Waals surface area contributed by atoms with E-state index in [0.717, 1.165) is 6.42 Å². The second-order valence-corrected chi connectivity index (χ2v) is 11.5. The Morgan fingerprint density at radius 3 is 2.53 bits per heavy atom. The molecule has 1 spiro atoms. The van der Waals surface area contributed by atoms with E-state index in [9.17, 15) is 19.5 Å². The quantitative estimate of drug-likeness (QED) is 0.415. The van der Waals surface area contributed by atoms with Crippen LogP contribution < -0.4 is 0 Å². The van der Waals surface area contributed by atoms with Gasteiger partial charge in [0.1, 0.15) is 6.04 Å². The third-order valence-corrected chi connectivity index (χ3v) is 9.60. The van der Waals surface area contributed by atoms with Gasteiger partial charge in [-0.05, 0) is 39.0 Å². The first-order chi connectivity index (χ1) is 15.1. The second-order valence-electron chi connectivity index (χ2n) is 9.92. The van der Waals surface area contributed by atoms with Gasteiger partial charge in [-0.25, -0.2) is 0 Å². The van der Waals surface area contributed by atoms with Crippen LogP contribution in [0.4, 0.5) is 0 Å². The van der Waals surface area contributed by atoms with Gasteiger partial charge in [0.15, 0.2) is 0 Å². The number of hydrogen-bond donors (Lipinski definition) is 1. The fourth-order valence-corrected chi connectivity index (χ4v) is 8.46. The molecular weight excluding hydrogens is 428 g/mol. The monoisotopic (exact) mass is 466 g/mol. The number of rotatable bonds is 9. The standard InChI is InChI=1S/C24H38N2O5S/c1-8-10-25(14(5)6)22(29)20-24-15(7)11-17(32-24)18(23(30)31-9-2)19(24)21(28)26(20)16(12-27)13(3)4/h8,13-20,27H,1,9-12H2,2-7H3/t15?,16-,17-,18+,19-,20?,24?/m0/s1. The molecule has 0 aliphatic carbocycles. The first-order valence-electron chi connectivity index (χ1n) is 11.8. The average Bonchev–Trinajstić information content (AvgIpc) is 3.30. The van der Waals surface area contributed by atoms with Gasteiger partial charge in [-0.1, -0.05) is 26.8 Å². The number of ether oxygens (including phenoxy) is 1. The minimum Gasteiger partial charge on any atom is -0.466 e. The van der Waals surface area contributed by atoms with E-state index < -0.39 is 28.7 Å². The van der Waals surface area contributed by atoms with Crippen LogP contribution in [-0.4, -0.2) is 80.6 Å². The van der Waals surface area contributed by atoms with E-state index in [1.165, 1.54) is 0 Å². The molecule has 1 N–H and O–H groups in total. The van der Waals surface area contributed by atoms with E-state index >= 15 is 0 Å². The zero-order valence-electron chi connectivity index (χ0n) is 20.1. The Hall–Kier alpha value is -1.54. The number of nitrogens with zero attached hydrogens (tertiary/aromatic N) is 2. The molecule has 0 radical (unpaired) electrons. The number of amides is 2. The number of esters is 1. The highest BCUT2D eigenvalue weighted by Crippen LogP contribution is 2.69. The van der Waals surface area contributed by atoms with Gasteiger partial charge in [-0.3, -0.25) is 14.4 Å². The van der Waals surface area contributed by atoms with Gasteiger partial charge in [-0.15, -0.1) is 18.3 Å². The van der Waals surface area contributed by atoms with Crippen LogP contribution >= 0.6 is 11.8 Å². The Bertz CT molecular complexity index is 771. The van der Waals surface area contributed by atoms with E-state index in [4.69, 9.17) is 4.74 Å². The lowest BCUT2D eigenvalue weighted by Gasteiger charge is -2.43. The van der Waals surface area contributed by atoms with Crippen LogP contribution in [0.5, 0.6) is 0 Å². The van der Waals surface area contributed by atoms with E-state index in [1.807, 2.05) is 27.7 Å². The molecule has 3 saturated heterocycles. The summed E-state index contributed by atoms with van der Waals surface area (Å²) in [7, 11) is 0. The summed E-state index contributed by atoms with van der Waals surface area (Å²) in [5, 5.41) is 10.2. The summed E-state index contributed by atoms with van der Waals surface area (Å²) in [6.45, 7) is 15.9. The maximum absolute atomic E-state index is 14.1. The smallest absolute Gasteiger partial charge is 0.310 e. The number of thioether (sulfide) groups is 1. The lowest BCUT2D eigenvalue weighted by Crippen LogP contribution is -2.60. The van der Waals surface area contributed by atoms with E-state index in [1.54, 1.807) is 34.6 Å². The number of aliphatic hydroxyl groups is 1. The number of carbonyl (C=O) groups is 3. The molecule has 0 aromatic carbocycles. The van der Waals surface area contributed by atoms with Crippen molar-refractivity contribution in [1.82, 2.24) is 9.80 Å². The molecule has 3 unspecified atom stereocenters. The summed E-state index contributed by atoms with van der Waals surface area (Å²) in [6.07, 6.45) is 2.47. The molecule has 180 valence electrons. The van der Waals surface area contributed by atoms with Gasteiger partial charge in [0.2, 0.25) is 11.8 Å². The fourth-order valence-electron chi connectivity index (χ4n) is 6.07. The maximum Gasteiger partial charge on any atom is 0.310 e. The van der Waals surface area contributed by atoms with Crippen LogP contribution in [0.25, 0.3) is 0 Å². The van der Waals surface area contributed by atoms with Crippen molar-refractivity contribution in [3.63, 3.8) is 0 Å². The zero-order valence-corrected chi connectivity index (χ0v) is 20.9. The van der Waals surface area contributed by atoms with Crippen LogP contribution in [0.15, 0.2) is 12.7 Å². The molecule has 3 aliphatic heterocycles. The van der Waals surface area contributed by atoms with E-state index in [0.29, 0.717) is 6.54 Å². The van der Waals surface area contributed by atoms with Crippen LogP contribution in [-0.2, 0) is 19.1 Å². The first kappa shape index (κ1) is 25.1. The van der Waals surface area contributed by atoms with Crippen molar-refractivity contribution in [3.05, 3.63) is 12.7 Å². The summed E-state index contributed by atoms with van der Waals surface area (Å²) in [5.41, 5.74) is 0. The molecule has 0 aromatic rings. The maximum atomic E-state index is 14.1. The van der Waals surface area contributed by atoms with Crippen molar-refractivity contribution in [2.24, 2.45) is 23.7 Å². The molecule has 2 bridgehead atoms. The molecule has 0 saturated carbocycles. The van der Waals surface area contributed by atoms with Gasteiger partial charge in [-0.2, -0.15) is 0 Å². The van der Waals surface area contributed by atoms with Crippen LogP contribution in [0.3, 0.4) is 0 Å². The molecule has 2 amide bonds. The Kier molecular flexibility index (Phi) is 7.35. The van der Waals surface area contributed by atoms with Gasteiger partial charge in [0.25, 0.3) is 0 Å². The van der Waals surface area contributed by atoms with Crippen molar-refractivity contribution in [3.8, 4) is 0 Å². The summed E-state index contributed by atoms with van der Waals surface area (Å²) in [6, 6.07) is -1.30. The molecule has 3 aliphatic rings. The first-order valence-corrected chi connectivity index (χ1v) is 12.6. The van der Waals surface area contributed by atoms with Gasteiger partial charge in [0.05, 0.1) is 35.8 Å². The molecule has 3 fully saturated rings. The topological polar surface area (TPSA) is 87.2 Å². The predicted octanol–water partition coefficient (Wildman–Crippen LogP) is 2.33. The summed E-state index contributed by atoms with van der Waals surface area (Å²) < 4.78 is 4.67. The molecule has 3 rings (SSSR count). The Morgan fingerprint density at radius 1 is 1.38 bits per heavy atom. The SMILES string of the molecule is C=CCN(C(=O)C1N([C@@H](CO)C(C)C)C(=O)[C@@H]2[C@H](C(=O)OCC)[C@@H]3CC(C)C12S3)C(C)C. The van der Waals surface area contributed by atoms with Crippen molar-refractivity contribution < 1.29 is 24.2 Å². The van der Waals surface area contributed by atoms with Crippen molar-refractivity contribution in [2.75, 3.05) is 19.8 Å². The fraction of sp³-hybridized carbons (Fsp3) is 0.792. The molecular formula is C24H38N2O5S. The highest BCUT2D eigenvalue weighted by molar-refractivity contribution is 8.02. The van der Waals surface area contributed by atoms with Gasteiger partial charge >= 0.3 is 5.97 Å². The molecule has 7 atom stereocenters. The highest BCUT2D eigenvalue weighted by Gasteiger charge is 2.77. The Labute approximate surface area is 195 Å². The molecule has 7 nitrogen and oxygen atoms in total. The van der Waals surface area contributed by atoms with Crippen LogP contribution in [0.1, 0.15) is 48.0 Å². The zero-order chi connectivity index (χ0) is 24.0. The summed E-state index contributed by atoms with van der Waals surface area (Å²) in [4.78, 5) is 44.5. The largest absolute Gasteiger partial charge is 0.466 e. The number of fused-ring (bicyclic) bond motifs is 1. The number of carbonyl (C=O) groups excluding carboxylic acids is 3. The molecule has 3 heterocycles. The van der Waals surface area contributed by atoms with Crippen LogP contribution in [0, 0.1) is 23.7 Å². The average molecular weight is 467 g/mol. The third-order valence-electron chi connectivity index (χ3n) is 7.52.